The molecule has 0 aliphatic rings. The molecule has 16 heavy (non-hydrogen) atoms. The highest BCUT2D eigenvalue weighted by Crippen LogP contribution is 2.32. The summed E-state index contributed by atoms with van der Waals surface area (Å²) in [5, 5.41) is 19.8. The molecular formula is C10H8NO5+. The van der Waals surface area contributed by atoms with Gasteiger partial charge in [0.25, 0.3) is 5.69 Å². The number of non-ortho nitro benzene ring substituents is 1. The fourth-order valence-corrected chi connectivity index (χ4v) is 1.31. The molecule has 0 saturated carbocycles. The lowest BCUT2D eigenvalue weighted by atomic mass is 10.2. The molecule has 0 amide bonds. The van der Waals surface area contributed by atoms with Crippen molar-refractivity contribution in [2.45, 2.75) is 6.92 Å². The third kappa shape index (κ3) is 1.72. The van der Waals surface area contributed by atoms with Crippen LogP contribution in [0.5, 0.6) is 5.95 Å². The summed E-state index contributed by atoms with van der Waals surface area (Å²) < 4.78 is 9.92. The SMILES string of the molecule is Cc1oc(-c2ccc([N+](=O)[O-])cc2)c(O)[o+]1. The Hall–Kier alpha value is -2.37. The molecule has 6 heteroatoms. The van der Waals surface area contributed by atoms with Gasteiger partial charge in [-0.2, -0.15) is 0 Å². The van der Waals surface area contributed by atoms with Crippen LogP contribution in [0.2, 0.25) is 0 Å². The number of nitrogens with zero attached hydrogens (tertiary/aromatic N) is 1. The average molecular weight is 222 g/mol. The van der Waals surface area contributed by atoms with Crippen molar-refractivity contribution in [3.8, 4) is 17.3 Å². The van der Waals surface area contributed by atoms with E-state index in [-0.39, 0.29) is 23.4 Å². The lowest BCUT2D eigenvalue weighted by Gasteiger charge is -1.91. The number of aryl methyl sites for hydroxylation is 1. The summed E-state index contributed by atoms with van der Waals surface area (Å²) in [7, 11) is 0. The zero-order valence-corrected chi connectivity index (χ0v) is 8.34. The number of rotatable bonds is 2. The van der Waals surface area contributed by atoms with E-state index in [9.17, 15) is 15.2 Å². The van der Waals surface area contributed by atoms with Crippen LogP contribution >= 0.6 is 0 Å². The molecule has 0 saturated heterocycles. The van der Waals surface area contributed by atoms with Crippen LogP contribution in [0, 0.1) is 17.0 Å². The van der Waals surface area contributed by atoms with Gasteiger partial charge in [-0.05, 0) is 12.1 Å². The van der Waals surface area contributed by atoms with Crippen LogP contribution in [0.1, 0.15) is 5.96 Å². The van der Waals surface area contributed by atoms with Crippen molar-refractivity contribution in [1.29, 1.82) is 0 Å². The molecule has 6 nitrogen and oxygen atoms in total. The number of benzene rings is 1. The molecule has 0 radical (unpaired) electrons. The van der Waals surface area contributed by atoms with Crippen LogP contribution < -0.4 is 0 Å². The summed E-state index contributed by atoms with van der Waals surface area (Å²) in [4.78, 5) is 9.94. The number of hydrogen-bond acceptors (Lipinski definition) is 4. The first-order valence-corrected chi connectivity index (χ1v) is 4.45. The second kappa shape index (κ2) is 3.65. The van der Waals surface area contributed by atoms with Gasteiger partial charge in [0.15, 0.2) is 0 Å². The number of nitro groups is 1. The highest BCUT2D eigenvalue weighted by atomic mass is 16.6. The van der Waals surface area contributed by atoms with Crippen LogP contribution in [0.3, 0.4) is 0 Å². The zero-order chi connectivity index (χ0) is 11.7. The topological polar surface area (TPSA) is 87.8 Å². The maximum atomic E-state index is 10.4. The quantitative estimate of drug-likeness (QED) is 0.479. The number of aromatic hydroxyl groups is 1. The van der Waals surface area contributed by atoms with E-state index in [4.69, 9.17) is 8.83 Å². The molecule has 1 aromatic carbocycles. The van der Waals surface area contributed by atoms with E-state index in [1.165, 1.54) is 24.3 Å². The van der Waals surface area contributed by atoms with E-state index in [1.807, 2.05) is 0 Å². The van der Waals surface area contributed by atoms with E-state index < -0.39 is 4.92 Å². The van der Waals surface area contributed by atoms with E-state index in [0.717, 1.165) is 0 Å². The van der Waals surface area contributed by atoms with Gasteiger partial charge in [0.2, 0.25) is 0 Å². The van der Waals surface area contributed by atoms with Gasteiger partial charge in [-0.25, -0.2) is 0 Å². The second-order valence-corrected chi connectivity index (χ2v) is 3.13. The molecule has 0 atom stereocenters. The first kappa shape index (κ1) is 10.2. The Balaban J connectivity index is 2.42. The van der Waals surface area contributed by atoms with Gasteiger partial charge in [-0.3, -0.25) is 14.5 Å². The summed E-state index contributed by atoms with van der Waals surface area (Å²) in [6.07, 6.45) is 0. The van der Waals surface area contributed by atoms with Gasteiger partial charge >= 0.3 is 17.7 Å². The fourth-order valence-electron chi connectivity index (χ4n) is 1.31. The molecule has 0 spiro atoms. The largest absolute Gasteiger partial charge is 0.509 e. The van der Waals surface area contributed by atoms with Crippen molar-refractivity contribution in [3.63, 3.8) is 0 Å². The highest BCUT2D eigenvalue weighted by Gasteiger charge is 2.24. The summed E-state index contributed by atoms with van der Waals surface area (Å²) in [5.41, 5.74) is 0.489. The van der Waals surface area contributed by atoms with E-state index >= 15 is 0 Å². The molecule has 1 N–H and O–H groups in total. The van der Waals surface area contributed by atoms with E-state index in [2.05, 4.69) is 0 Å². The van der Waals surface area contributed by atoms with Crippen LogP contribution in [-0.2, 0) is 0 Å². The normalized spacial score (nSPS) is 10.3. The van der Waals surface area contributed by atoms with Gasteiger partial charge in [-0.15, -0.1) is 0 Å². The first-order valence-electron chi connectivity index (χ1n) is 4.45. The molecule has 0 fully saturated rings. The van der Waals surface area contributed by atoms with Gasteiger partial charge in [0.05, 0.1) is 11.8 Å². The van der Waals surface area contributed by atoms with Gasteiger partial charge in [0.1, 0.15) is 0 Å². The Labute approximate surface area is 89.9 Å². The Morgan fingerprint density at radius 1 is 1.38 bits per heavy atom. The summed E-state index contributed by atoms with van der Waals surface area (Å²) >= 11 is 0. The molecule has 0 bridgehead atoms. The maximum absolute atomic E-state index is 10.4. The minimum atomic E-state index is -0.499. The minimum absolute atomic E-state index is 0.0246. The summed E-state index contributed by atoms with van der Waals surface area (Å²) in [5.74, 6) is 0.0320. The van der Waals surface area contributed by atoms with Crippen LogP contribution in [0.15, 0.2) is 33.1 Å². The van der Waals surface area contributed by atoms with E-state index in [0.29, 0.717) is 5.56 Å². The molecular weight excluding hydrogens is 214 g/mol. The van der Waals surface area contributed by atoms with Crippen molar-refractivity contribution in [2.24, 2.45) is 0 Å². The van der Waals surface area contributed by atoms with Gasteiger partial charge in [0, 0.05) is 17.7 Å². The predicted octanol–water partition coefficient (Wildman–Crippen LogP) is 2.74. The average Bonchev–Trinajstić information content (AvgIpc) is 2.58. The Morgan fingerprint density at radius 2 is 2.00 bits per heavy atom. The van der Waals surface area contributed by atoms with Gasteiger partial charge in [-0.1, -0.05) is 0 Å². The smallest absolute Gasteiger partial charge is 0.379 e. The summed E-state index contributed by atoms with van der Waals surface area (Å²) in [6.45, 7) is 1.55. The van der Waals surface area contributed by atoms with Crippen molar-refractivity contribution < 1.29 is 18.9 Å². The highest BCUT2D eigenvalue weighted by molar-refractivity contribution is 5.62. The number of hydrogen-bond donors (Lipinski definition) is 1. The molecule has 1 aromatic heterocycles. The Kier molecular flexibility index (Phi) is 2.32. The van der Waals surface area contributed by atoms with Crippen molar-refractivity contribution in [3.05, 3.63) is 40.3 Å². The van der Waals surface area contributed by atoms with Crippen LogP contribution in [0.4, 0.5) is 5.69 Å². The van der Waals surface area contributed by atoms with Crippen molar-refractivity contribution >= 4 is 5.69 Å². The number of nitro benzene ring substituents is 1. The lowest BCUT2D eigenvalue weighted by Crippen LogP contribution is -1.86. The molecule has 2 aromatic rings. The Bertz CT molecular complexity index is 529. The Morgan fingerprint density at radius 3 is 2.44 bits per heavy atom. The molecule has 0 aliphatic heterocycles. The van der Waals surface area contributed by atoms with E-state index in [1.54, 1.807) is 6.92 Å². The maximum Gasteiger partial charge on any atom is 0.509 e. The zero-order valence-electron chi connectivity index (χ0n) is 8.34. The second-order valence-electron chi connectivity index (χ2n) is 3.13. The molecule has 82 valence electrons. The van der Waals surface area contributed by atoms with Gasteiger partial charge < -0.3 is 9.52 Å². The van der Waals surface area contributed by atoms with Crippen molar-refractivity contribution in [1.82, 2.24) is 0 Å². The monoisotopic (exact) mass is 222 g/mol. The summed E-state index contributed by atoms with van der Waals surface area (Å²) in [6, 6.07) is 5.61. The van der Waals surface area contributed by atoms with Crippen LogP contribution in [-0.4, -0.2) is 10.0 Å². The van der Waals surface area contributed by atoms with Crippen molar-refractivity contribution in [2.75, 3.05) is 0 Å². The first-order chi connectivity index (χ1) is 7.58. The predicted molar refractivity (Wildman–Crippen MR) is 53.9 cm³/mol. The lowest BCUT2D eigenvalue weighted by molar-refractivity contribution is -0.384. The molecule has 0 aliphatic carbocycles. The third-order valence-corrected chi connectivity index (χ3v) is 2.02. The standard InChI is InChI=1S/C10H7NO5/c1-6-15-9(10(12)16-6)7-2-4-8(5-3-7)11(13)14/h2-5H,1H3/p+1. The molecule has 1 heterocycles. The third-order valence-electron chi connectivity index (χ3n) is 2.02. The fraction of sp³-hybridized carbons (Fsp3) is 0.100. The molecule has 2 rings (SSSR count). The minimum Gasteiger partial charge on any atom is -0.379 e. The van der Waals surface area contributed by atoms with Crippen LogP contribution in [0.25, 0.3) is 11.3 Å². The molecule has 0 unspecified atom stereocenters.